The maximum atomic E-state index is 12.8. The summed E-state index contributed by atoms with van der Waals surface area (Å²) in [5.74, 6) is -3.00. The number of carbonyl (C=O) groups is 2. The van der Waals surface area contributed by atoms with Crippen molar-refractivity contribution in [1.82, 2.24) is 0 Å². The number of rotatable bonds is 8. The van der Waals surface area contributed by atoms with Crippen LogP contribution >= 0.6 is 0 Å². The molecule has 26 heavy (non-hydrogen) atoms. The summed E-state index contributed by atoms with van der Waals surface area (Å²) < 4.78 is 42.2. The lowest BCUT2D eigenvalue weighted by molar-refractivity contribution is -0.113. The van der Waals surface area contributed by atoms with Gasteiger partial charge in [-0.15, -0.1) is 0 Å². The van der Waals surface area contributed by atoms with Gasteiger partial charge in [0, 0.05) is 11.3 Å². The van der Waals surface area contributed by atoms with Gasteiger partial charge in [-0.25, -0.2) is 12.8 Å². The molecule has 0 aromatic heterocycles. The van der Waals surface area contributed by atoms with Crippen molar-refractivity contribution >= 4 is 27.2 Å². The maximum absolute atomic E-state index is 12.8. The molecule has 0 aliphatic rings. The topological polar surface area (TPSA) is 89.5 Å². The van der Waals surface area contributed by atoms with Crippen LogP contribution in [0.15, 0.2) is 48.5 Å². The number of ether oxygens (including phenoxy) is 1. The summed E-state index contributed by atoms with van der Waals surface area (Å²) in [5.41, 5.74) is 0.486. The fourth-order valence-corrected chi connectivity index (χ4v) is 3.31. The second-order valence-corrected chi connectivity index (χ2v) is 7.53. The Morgan fingerprint density at radius 1 is 1.00 bits per heavy atom. The highest BCUT2D eigenvalue weighted by molar-refractivity contribution is 7.92. The number of Topliss-reactive ketones (excluding diaryl/α,β-unsaturated/α-hetero) is 1. The molecule has 6 nitrogen and oxygen atoms in total. The Hall–Kier alpha value is -2.74. The highest BCUT2D eigenvalue weighted by Crippen LogP contribution is 2.15. The van der Waals surface area contributed by atoms with Gasteiger partial charge in [0.25, 0.3) is 0 Å². The third-order valence-corrected chi connectivity index (χ3v) is 4.72. The summed E-state index contributed by atoms with van der Waals surface area (Å²) in [6.45, 7) is 2.35. The zero-order valence-corrected chi connectivity index (χ0v) is 14.9. The van der Waals surface area contributed by atoms with Crippen LogP contribution in [-0.4, -0.2) is 38.2 Å². The first kappa shape index (κ1) is 19.6. The van der Waals surface area contributed by atoms with Crippen molar-refractivity contribution in [1.29, 1.82) is 0 Å². The Bertz CT molecular complexity index is 877. The lowest BCUT2D eigenvalue weighted by Gasteiger charge is -2.08. The molecule has 0 saturated carbocycles. The van der Waals surface area contributed by atoms with Crippen molar-refractivity contribution in [2.75, 3.05) is 23.4 Å². The predicted octanol–water partition coefficient (Wildman–Crippen LogP) is 2.46. The van der Waals surface area contributed by atoms with E-state index >= 15 is 0 Å². The molecule has 1 amide bonds. The minimum Gasteiger partial charge on any atom is -0.494 e. The molecule has 0 radical (unpaired) electrons. The third-order valence-electron chi connectivity index (χ3n) is 3.32. The van der Waals surface area contributed by atoms with E-state index in [1.165, 1.54) is 12.1 Å². The smallest absolute Gasteiger partial charge is 0.239 e. The first-order valence-corrected chi connectivity index (χ1v) is 9.63. The maximum Gasteiger partial charge on any atom is 0.239 e. The quantitative estimate of drug-likeness (QED) is 0.712. The normalized spacial score (nSPS) is 11.0. The molecule has 2 aromatic rings. The van der Waals surface area contributed by atoms with Crippen LogP contribution in [0, 0.1) is 5.82 Å². The summed E-state index contributed by atoms with van der Waals surface area (Å²) in [4.78, 5) is 23.9. The number of hydrogen-bond donors (Lipinski definition) is 1. The Kier molecular flexibility index (Phi) is 6.46. The Balaban J connectivity index is 1.94. The van der Waals surface area contributed by atoms with Crippen LogP contribution in [0.25, 0.3) is 0 Å². The molecule has 0 atom stereocenters. The molecule has 0 saturated heterocycles. The number of carbonyl (C=O) groups excluding carboxylic acids is 2. The van der Waals surface area contributed by atoms with Crippen LogP contribution in [0.3, 0.4) is 0 Å². The average molecular weight is 379 g/mol. The standard InChI is InChI=1S/C18H18FNO5S/c1-2-25-16-9-7-15(8-10-16)20-18(22)12-26(23,24)11-17(21)13-3-5-14(19)6-4-13/h3-10H,2,11-12H2,1H3,(H,20,22). The van der Waals surface area contributed by atoms with Gasteiger partial charge in [-0.05, 0) is 55.5 Å². The molecule has 0 heterocycles. The summed E-state index contributed by atoms with van der Waals surface area (Å²) in [5, 5.41) is 2.45. The lowest BCUT2D eigenvalue weighted by atomic mass is 10.1. The third kappa shape index (κ3) is 5.96. The zero-order valence-electron chi connectivity index (χ0n) is 14.1. The number of ketones is 1. The summed E-state index contributed by atoms with van der Waals surface area (Å²) in [7, 11) is -3.96. The zero-order chi connectivity index (χ0) is 19.2. The monoisotopic (exact) mass is 379 g/mol. The molecular weight excluding hydrogens is 361 g/mol. The van der Waals surface area contributed by atoms with Gasteiger partial charge < -0.3 is 10.1 Å². The molecule has 8 heteroatoms. The molecule has 0 bridgehead atoms. The minimum atomic E-state index is -3.96. The van der Waals surface area contributed by atoms with E-state index in [0.717, 1.165) is 12.1 Å². The van der Waals surface area contributed by atoms with E-state index in [4.69, 9.17) is 4.74 Å². The molecule has 0 fully saturated rings. The molecule has 0 aliphatic heterocycles. The van der Waals surface area contributed by atoms with Gasteiger partial charge in [-0.1, -0.05) is 0 Å². The van der Waals surface area contributed by atoms with Crippen molar-refractivity contribution in [3.8, 4) is 5.75 Å². The fraction of sp³-hybridized carbons (Fsp3) is 0.222. The molecule has 0 aliphatic carbocycles. The van der Waals surface area contributed by atoms with Gasteiger partial charge in [-0.2, -0.15) is 0 Å². The van der Waals surface area contributed by atoms with Crippen LogP contribution in [-0.2, 0) is 14.6 Å². The number of anilines is 1. The second kappa shape index (κ2) is 8.57. The van der Waals surface area contributed by atoms with Crippen LogP contribution < -0.4 is 10.1 Å². The number of hydrogen-bond acceptors (Lipinski definition) is 5. The van der Waals surface area contributed by atoms with E-state index in [1.54, 1.807) is 24.3 Å². The SMILES string of the molecule is CCOc1ccc(NC(=O)CS(=O)(=O)CC(=O)c2ccc(F)cc2)cc1. The molecular formula is C18H18FNO5S. The van der Waals surface area contributed by atoms with Crippen molar-refractivity contribution in [2.45, 2.75) is 6.92 Å². The number of amides is 1. The Morgan fingerprint density at radius 2 is 1.62 bits per heavy atom. The predicted molar refractivity (Wildman–Crippen MR) is 95.6 cm³/mol. The summed E-state index contributed by atoms with van der Waals surface area (Å²) >= 11 is 0. The van der Waals surface area contributed by atoms with Crippen LogP contribution in [0.5, 0.6) is 5.75 Å². The highest BCUT2D eigenvalue weighted by Gasteiger charge is 2.22. The van der Waals surface area contributed by atoms with Gasteiger partial charge in [0.2, 0.25) is 5.91 Å². The summed E-state index contributed by atoms with van der Waals surface area (Å²) in [6, 6.07) is 11.0. The number of halogens is 1. The Morgan fingerprint density at radius 3 is 2.19 bits per heavy atom. The van der Waals surface area contributed by atoms with E-state index in [2.05, 4.69) is 5.32 Å². The highest BCUT2D eigenvalue weighted by atomic mass is 32.2. The van der Waals surface area contributed by atoms with Crippen molar-refractivity contribution in [3.63, 3.8) is 0 Å². The van der Waals surface area contributed by atoms with Gasteiger partial charge in [-0.3, -0.25) is 9.59 Å². The second-order valence-electron chi connectivity index (χ2n) is 5.47. The van der Waals surface area contributed by atoms with E-state index in [0.29, 0.717) is 18.0 Å². The number of sulfone groups is 1. The minimum absolute atomic E-state index is 0.0712. The van der Waals surface area contributed by atoms with Crippen molar-refractivity contribution in [2.24, 2.45) is 0 Å². The lowest BCUT2D eigenvalue weighted by Crippen LogP contribution is -2.27. The molecule has 138 valence electrons. The van der Waals surface area contributed by atoms with Gasteiger partial charge in [0.1, 0.15) is 23.1 Å². The average Bonchev–Trinajstić information content (AvgIpc) is 2.56. The number of nitrogens with one attached hydrogen (secondary N) is 1. The van der Waals surface area contributed by atoms with Crippen molar-refractivity contribution in [3.05, 3.63) is 59.9 Å². The fourth-order valence-electron chi connectivity index (χ4n) is 2.17. The van der Waals surface area contributed by atoms with Gasteiger partial charge >= 0.3 is 0 Å². The van der Waals surface area contributed by atoms with Crippen LogP contribution in [0.4, 0.5) is 10.1 Å². The van der Waals surface area contributed by atoms with Gasteiger partial charge in [0.05, 0.1) is 6.61 Å². The van der Waals surface area contributed by atoms with Gasteiger partial charge in [0.15, 0.2) is 15.6 Å². The first-order chi connectivity index (χ1) is 12.3. The van der Waals surface area contributed by atoms with E-state index in [-0.39, 0.29) is 5.56 Å². The van der Waals surface area contributed by atoms with Crippen molar-refractivity contribution < 1.29 is 27.1 Å². The number of benzene rings is 2. The van der Waals surface area contributed by atoms with E-state index in [1.807, 2.05) is 6.92 Å². The molecule has 2 aromatic carbocycles. The molecule has 1 N–H and O–H groups in total. The van der Waals surface area contributed by atoms with Crippen LogP contribution in [0.1, 0.15) is 17.3 Å². The molecule has 0 unspecified atom stereocenters. The first-order valence-electron chi connectivity index (χ1n) is 7.81. The van der Waals surface area contributed by atoms with E-state index < -0.39 is 38.9 Å². The Labute approximate surface area is 150 Å². The molecule has 2 rings (SSSR count). The van der Waals surface area contributed by atoms with E-state index in [9.17, 15) is 22.4 Å². The molecule has 0 spiro atoms. The van der Waals surface area contributed by atoms with Crippen LogP contribution in [0.2, 0.25) is 0 Å². The largest absolute Gasteiger partial charge is 0.494 e. The summed E-state index contributed by atoms with van der Waals surface area (Å²) in [6.07, 6.45) is 0.